The first-order valence-corrected chi connectivity index (χ1v) is 4.01. The van der Waals surface area contributed by atoms with Crippen molar-refractivity contribution in [3.8, 4) is 0 Å². The van der Waals surface area contributed by atoms with Crippen molar-refractivity contribution in [3.63, 3.8) is 0 Å². The molecule has 0 rings (SSSR count). The van der Waals surface area contributed by atoms with E-state index in [0.717, 1.165) is 7.11 Å². The van der Waals surface area contributed by atoms with Crippen LogP contribution in [0.3, 0.4) is 0 Å². The maximum absolute atomic E-state index is 12.4. The number of nitrogens with two attached hydrogens (primary N) is 1. The SMILES string of the molecule is COC(=O)CC(C(C)(C)N)C(F)(F)F. The van der Waals surface area contributed by atoms with Gasteiger partial charge in [0.1, 0.15) is 0 Å². The number of rotatable bonds is 3. The van der Waals surface area contributed by atoms with Gasteiger partial charge in [0.25, 0.3) is 0 Å². The Hall–Kier alpha value is -0.780. The molecule has 0 aromatic rings. The molecule has 0 fully saturated rings. The molecule has 0 aliphatic heterocycles. The monoisotopic (exact) mass is 213 g/mol. The Bertz CT molecular complexity index is 194. The van der Waals surface area contributed by atoms with Crippen molar-refractivity contribution >= 4 is 5.97 Å². The largest absolute Gasteiger partial charge is 0.469 e. The molecule has 0 radical (unpaired) electrons. The molecule has 1 unspecified atom stereocenters. The van der Waals surface area contributed by atoms with Crippen molar-refractivity contribution in [2.24, 2.45) is 11.7 Å². The molecule has 84 valence electrons. The Kier molecular flexibility index (Phi) is 3.93. The lowest BCUT2D eigenvalue weighted by molar-refractivity contribution is -0.196. The lowest BCUT2D eigenvalue weighted by Gasteiger charge is -2.31. The predicted octanol–water partition coefficient (Wildman–Crippen LogP) is 1.47. The van der Waals surface area contributed by atoms with Crippen LogP contribution in [0.5, 0.6) is 0 Å². The fourth-order valence-corrected chi connectivity index (χ4v) is 1.05. The van der Waals surface area contributed by atoms with Gasteiger partial charge in [0.2, 0.25) is 0 Å². The third kappa shape index (κ3) is 3.95. The zero-order chi connectivity index (χ0) is 11.6. The number of hydrogen-bond acceptors (Lipinski definition) is 3. The Labute approximate surface area is 80.4 Å². The van der Waals surface area contributed by atoms with E-state index in [-0.39, 0.29) is 0 Å². The fourth-order valence-electron chi connectivity index (χ4n) is 1.05. The van der Waals surface area contributed by atoms with Crippen molar-refractivity contribution in [2.75, 3.05) is 7.11 Å². The minimum Gasteiger partial charge on any atom is -0.469 e. The molecule has 6 heteroatoms. The number of carbonyl (C=O) groups excluding carboxylic acids is 1. The maximum Gasteiger partial charge on any atom is 0.394 e. The highest BCUT2D eigenvalue weighted by molar-refractivity contribution is 5.69. The fraction of sp³-hybridized carbons (Fsp3) is 0.875. The summed E-state index contributed by atoms with van der Waals surface area (Å²) in [6, 6.07) is 0. The van der Waals surface area contributed by atoms with Gasteiger partial charge in [-0.2, -0.15) is 13.2 Å². The molecule has 0 spiro atoms. The number of methoxy groups -OCH3 is 1. The minimum absolute atomic E-state index is 0.747. The van der Waals surface area contributed by atoms with Gasteiger partial charge in [-0.1, -0.05) is 0 Å². The number of alkyl halides is 3. The highest BCUT2D eigenvalue weighted by Gasteiger charge is 2.48. The molecule has 0 aromatic heterocycles. The zero-order valence-electron chi connectivity index (χ0n) is 8.31. The number of esters is 1. The van der Waals surface area contributed by atoms with Crippen LogP contribution < -0.4 is 5.73 Å². The zero-order valence-corrected chi connectivity index (χ0v) is 8.31. The van der Waals surface area contributed by atoms with Gasteiger partial charge in [-0.15, -0.1) is 0 Å². The maximum atomic E-state index is 12.4. The predicted molar refractivity (Wildman–Crippen MR) is 44.4 cm³/mol. The quantitative estimate of drug-likeness (QED) is 0.722. The molecule has 0 saturated carbocycles. The first-order valence-electron chi connectivity index (χ1n) is 4.01. The Balaban J connectivity index is 4.68. The van der Waals surface area contributed by atoms with Gasteiger partial charge < -0.3 is 10.5 Å². The van der Waals surface area contributed by atoms with Crippen LogP contribution in [0.4, 0.5) is 13.2 Å². The van der Waals surface area contributed by atoms with Crippen LogP contribution in [0.1, 0.15) is 20.3 Å². The van der Waals surface area contributed by atoms with E-state index in [1.54, 1.807) is 0 Å². The third-order valence-corrected chi connectivity index (χ3v) is 1.89. The summed E-state index contributed by atoms with van der Waals surface area (Å²) < 4.78 is 41.5. The van der Waals surface area contributed by atoms with Gasteiger partial charge in [-0.25, -0.2) is 0 Å². The van der Waals surface area contributed by atoms with Crippen molar-refractivity contribution in [1.29, 1.82) is 0 Å². The van der Waals surface area contributed by atoms with Gasteiger partial charge in [0.15, 0.2) is 0 Å². The van der Waals surface area contributed by atoms with E-state index in [9.17, 15) is 18.0 Å². The molecule has 2 N–H and O–H groups in total. The number of carbonyl (C=O) groups is 1. The minimum atomic E-state index is -4.49. The van der Waals surface area contributed by atoms with Gasteiger partial charge in [0, 0.05) is 5.54 Å². The first-order chi connectivity index (χ1) is 6.09. The second-order valence-corrected chi connectivity index (χ2v) is 3.70. The van der Waals surface area contributed by atoms with Crippen LogP contribution >= 0.6 is 0 Å². The summed E-state index contributed by atoms with van der Waals surface area (Å²) in [5.41, 5.74) is 3.85. The van der Waals surface area contributed by atoms with Gasteiger partial charge in [-0.05, 0) is 13.8 Å². The topological polar surface area (TPSA) is 52.3 Å². The van der Waals surface area contributed by atoms with Crippen LogP contribution in [0.15, 0.2) is 0 Å². The van der Waals surface area contributed by atoms with E-state index in [0.29, 0.717) is 0 Å². The third-order valence-electron chi connectivity index (χ3n) is 1.89. The van der Waals surface area contributed by atoms with Crippen molar-refractivity contribution < 1.29 is 22.7 Å². The van der Waals surface area contributed by atoms with E-state index >= 15 is 0 Å². The molecule has 14 heavy (non-hydrogen) atoms. The van der Waals surface area contributed by atoms with E-state index in [1.165, 1.54) is 13.8 Å². The molecule has 0 bridgehead atoms. The Morgan fingerprint density at radius 2 is 1.86 bits per heavy atom. The van der Waals surface area contributed by atoms with Crippen LogP contribution in [-0.4, -0.2) is 24.8 Å². The molecule has 3 nitrogen and oxygen atoms in total. The summed E-state index contributed by atoms with van der Waals surface area (Å²) in [5, 5.41) is 0. The standard InChI is InChI=1S/C8H14F3NO2/c1-7(2,12)5(8(9,10)11)4-6(13)14-3/h5H,4,12H2,1-3H3. The van der Waals surface area contributed by atoms with E-state index in [2.05, 4.69) is 4.74 Å². The van der Waals surface area contributed by atoms with Crippen LogP contribution in [0.2, 0.25) is 0 Å². The second kappa shape index (κ2) is 4.16. The summed E-state index contributed by atoms with van der Waals surface area (Å²) in [5.74, 6) is -2.80. The highest BCUT2D eigenvalue weighted by atomic mass is 19.4. The van der Waals surface area contributed by atoms with Gasteiger partial charge in [0.05, 0.1) is 19.4 Å². The van der Waals surface area contributed by atoms with Crippen LogP contribution in [-0.2, 0) is 9.53 Å². The van der Waals surface area contributed by atoms with Crippen LogP contribution in [0, 0.1) is 5.92 Å². The van der Waals surface area contributed by atoms with E-state index in [1.807, 2.05) is 0 Å². The Morgan fingerprint density at radius 3 is 2.07 bits per heavy atom. The molecular weight excluding hydrogens is 199 g/mol. The molecule has 0 aliphatic rings. The Morgan fingerprint density at radius 1 is 1.43 bits per heavy atom. The number of halogens is 3. The summed E-state index contributed by atoms with van der Waals surface area (Å²) in [6.07, 6.45) is -5.24. The van der Waals surface area contributed by atoms with Crippen molar-refractivity contribution in [1.82, 2.24) is 0 Å². The summed E-state index contributed by atoms with van der Waals surface area (Å²) in [4.78, 5) is 10.7. The molecular formula is C8H14F3NO2. The van der Waals surface area contributed by atoms with Crippen molar-refractivity contribution in [3.05, 3.63) is 0 Å². The van der Waals surface area contributed by atoms with Gasteiger partial charge in [-0.3, -0.25) is 4.79 Å². The average Bonchev–Trinajstić information content (AvgIpc) is 1.95. The molecule has 0 aromatic carbocycles. The van der Waals surface area contributed by atoms with Crippen LogP contribution in [0.25, 0.3) is 0 Å². The van der Waals surface area contributed by atoms with E-state index in [4.69, 9.17) is 5.73 Å². The first kappa shape index (κ1) is 13.2. The second-order valence-electron chi connectivity index (χ2n) is 3.70. The average molecular weight is 213 g/mol. The highest BCUT2D eigenvalue weighted by Crippen LogP contribution is 2.35. The lowest BCUT2D eigenvalue weighted by Crippen LogP contribution is -2.49. The lowest BCUT2D eigenvalue weighted by atomic mass is 9.85. The number of ether oxygens (including phenoxy) is 1. The van der Waals surface area contributed by atoms with Gasteiger partial charge >= 0.3 is 12.1 Å². The smallest absolute Gasteiger partial charge is 0.394 e. The van der Waals surface area contributed by atoms with E-state index < -0.39 is 30.0 Å². The molecule has 0 aliphatic carbocycles. The molecule has 0 heterocycles. The normalized spacial score (nSPS) is 15.1. The molecule has 1 atom stereocenters. The summed E-state index contributed by atoms with van der Waals surface area (Å²) in [6.45, 7) is 2.46. The summed E-state index contributed by atoms with van der Waals surface area (Å²) >= 11 is 0. The van der Waals surface area contributed by atoms with Crippen molar-refractivity contribution in [2.45, 2.75) is 32.0 Å². The number of hydrogen-bond donors (Lipinski definition) is 1. The molecule has 0 amide bonds. The molecule has 0 saturated heterocycles. The summed E-state index contributed by atoms with van der Waals surface area (Å²) in [7, 11) is 1.04.